The minimum atomic E-state index is -4.27. The van der Waals surface area contributed by atoms with Gasteiger partial charge in [-0.15, -0.1) is 10.2 Å². The molecule has 2 aromatic heterocycles. The van der Waals surface area contributed by atoms with Crippen LogP contribution in [0.5, 0.6) is 0 Å². The van der Waals surface area contributed by atoms with Crippen molar-refractivity contribution in [3.8, 4) is 5.82 Å². The molecule has 0 unspecified atom stereocenters. The molecule has 0 aliphatic heterocycles. The van der Waals surface area contributed by atoms with Crippen molar-refractivity contribution < 1.29 is 17.9 Å². The smallest absolute Gasteiger partial charge is 0.327 e. The van der Waals surface area contributed by atoms with Gasteiger partial charge in [-0.05, 0) is 95.9 Å². The lowest BCUT2D eigenvalue weighted by Gasteiger charge is -2.26. The van der Waals surface area contributed by atoms with E-state index in [0.29, 0.717) is 11.6 Å². The summed E-state index contributed by atoms with van der Waals surface area (Å²) in [6.45, 7) is 8.10. The number of nitrogens with one attached hydrogen (secondary N) is 1. The molecule has 10 nitrogen and oxygen atoms in total. The highest BCUT2D eigenvalue weighted by atomic mass is 35.5. The zero-order valence-corrected chi connectivity index (χ0v) is 26.7. The first-order chi connectivity index (χ1) is 19.6. The van der Waals surface area contributed by atoms with Gasteiger partial charge in [-0.25, -0.2) is 8.42 Å². The largest absolute Gasteiger partial charge is 0.459 e. The van der Waals surface area contributed by atoms with Crippen LogP contribution in [0.1, 0.15) is 26.3 Å². The van der Waals surface area contributed by atoms with Crippen molar-refractivity contribution in [3.63, 3.8) is 0 Å². The number of likely N-dealkylation sites (N-methyl/N-ethyl adjacent to an activating group) is 1. The average molecular weight is 634 g/mol. The molecular formula is C29H34Cl2N6O4S. The summed E-state index contributed by atoms with van der Waals surface area (Å²) in [4.78, 5) is 14.8. The van der Waals surface area contributed by atoms with Crippen LogP contribution in [-0.2, 0) is 19.6 Å². The highest BCUT2D eigenvalue weighted by Gasteiger charge is 2.30. The number of fused-ring (bicyclic) bond motifs is 1. The number of esters is 1. The number of sulfonamides is 1. The van der Waals surface area contributed by atoms with E-state index in [4.69, 9.17) is 27.9 Å². The molecule has 0 amide bonds. The topological polar surface area (TPSA) is 110 Å². The van der Waals surface area contributed by atoms with E-state index in [-0.39, 0.29) is 20.6 Å². The molecular weight excluding hydrogens is 599 g/mol. The van der Waals surface area contributed by atoms with Gasteiger partial charge in [-0.1, -0.05) is 23.2 Å². The molecule has 0 bridgehead atoms. The summed E-state index contributed by atoms with van der Waals surface area (Å²) in [7, 11) is -0.269. The first-order valence-electron chi connectivity index (χ1n) is 13.2. The minimum absolute atomic E-state index is 0.146. The molecule has 0 spiro atoms. The number of hydrogen-bond acceptors (Lipinski definition) is 8. The van der Waals surface area contributed by atoms with Crippen molar-refractivity contribution in [2.45, 2.75) is 38.2 Å². The molecule has 224 valence electrons. The minimum Gasteiger partial charge on any atom is -0.459 e. The summed E-state index contributed by atoms with van der Waals surface area (Å²) >= 11 is 12.3. The second-order valence-corrected chi connectivity index (χ2v) is 13.8. The summed E-state index contributed by atoms with van der Waals surface area (Å²) < 4.78 is 36.2. The molecule has 4 aromatic rings. The zero-order valence-electron chi connectivity index (χ0n) is 24.4. The van der Waals surface area contributed by atoms with Crippen LogP contribution in [0.15, 0.2) is 59.6 Å². The number of anilines is 2. The van der Waals surface area contributed by atoms with E-state index in [1.54, 1.807) is 39.0 Å². The molecule has 0 radical (unpaired) electrons. The summed E-state index contributed by atoms with van der Waals surface area (Å²) in [5, 5.41) is 13.0. The first kappa shape index (κ1) is 31.6. The number of rotatable bonds is 10. The SMILES string of the molecule is Cc1cn(-c2ccc(NCCN(C)C)nn2)c2ccc(N(CC(=O)OC(C)(C)C)S(=O)(=O)c3cc(Cl)cc(Cl)c3)cc12. The molecule has 0 aliphatic carbocycles. The Morgan fingerprint density at radius 2 is 1.71 bits per heavy atom. The number of aryl methyl sites for hydroxylation is 1. The zero-order chi connectivity index (χ0) is 30.8. The third-order valence-electron chi connectivity index (χ3n) is 6.15. The number of halogens is 2. The molecule has 2 aromatic carbocycles. The van der Waals surface area contributed by atoms with Gasteiger partial charge in [0.1, 0.15) is 18.0 Å². The molecule has 2 heterocycles. The van der Waals surface area contributed by atoms with Crippen molar-refractivity contribution in [1.82, 2.24) is 19.7 Å². The second-order valence-electron chi connectivity index (χ2n) is 11.1. The molecule has 4 rings (SSSR count). The number of carbonyl (C=O) groups excluding carboxylic acids is 1. The molecule has 1 N–H and O–H groups in total. The Morgan fingerprint density at radius 3 is 2.31 bits per heavy atom. The van der Waals surface area contributed by atoms with E-state index in [9.17, 15) is 13.2 Å². The van der Waals surface area contributed by atoms with E-state index in [1.807, 2.05) is 43.9 Å². The quantitative estimate of drug-likeness (QED) is 0.227. The number of benzene rings is 2. The van der Waals surface area contributed by atoms with Gasteiger partial charge in [0.2, 0.25) is 0 Å². The molecule has 42 heavy (non-hydrogen) atoms. The number of hydrogen-bond donors (Lipinski definition) is 1. The van der Waals surface area contributed by atoms with Crippen molar-refractivity contribution in [3.05, 3.63) is 70.3 Å². The summed E-state index contributed by atoms with van der Waals surface area (Å²) in [6, 6.07) is 12.9. The Kier molecular flexibility index (Phi) is 9.36. The molecule has 0 saturated carbocycles. The molecule has 0 atom stereocenters. The lowest BCUT2D eigenvalue weighted by atomic mass is 10.1. The fraction of sp³-hybridized carbons (Fsp3) is 0.345. The van der Waals surface area contributed by atoms with E-state index >= 15 is 0 Å². The maximum atomic E-state index is 13.9. The van der Waals surface area contributed by atoms with Crippen molar-refractivity contribution in [1.29, 1.82) is 0 Å². The molecule has 0 fully saturated rings. The maximum Gasteiger partial charge on any atom is 0.327 e. The molecule has 13 heteroatoms. The van der Waals surface area contributed by atoms with E-state index in [2.05, 4.69) is 20.4 Å². The maximum absolute atomic E-state index is 13.9. The van der Waals surface area contributed by atoms with Gasteiger partial charge >= 0.3 is 5.97 Å². The van der Waals surface area contributed by atoms with Gasteiger partial charge < -0.3 is 15.0 Å². The van der Waals surface area contributed by atoms with E-state index < -0.39 is 28.1 Å². The summed E-state index contributed by atoms with van der Waals surface area (Å²) in [6.07, 6.45) is 1.90. The van der Waals surface area contributed by atoms with Crippen LogP contribution in [0, 0.1) is 6.92 Å². The van der Waals surface area contributed by atoms with Crippen LogP contribution < -0.4 is 9.62 Å². The van der Waals surface area contributed by atoms with Gasteiger partial charge in [0.05, 0.1) is 16.1 Å². The monoisotopic (exact) mass is 632 g/mol. The van der Waals surface area contributed by atoms with Crippen LogP contribution in [0.25, 0.3) is 16.7 Å². The number of ether oxygens (including phenoxy) is 1. The van der Waals surface area contributed by atoms with Crippen LogP contribution in [-0.4, -0.2) is 73.4 Å². The van der Waals surface area contributed by atoms with Gasteiger partial charge in [0.15, 0.2) is 5.82 Å². The predicted octanol–water partition coefficient (Wildman–Crippen LogP) is 5.55. The average Bonchev–Trinajstić information content (AvgIpc) is 3.21. The highest BCUT2D eigenvalue weighted by molar-refractivity contribution is 7.92. The van der Waals surface area contributed by atoms with Crippen LogP contribution in [0.4, 0.5) is 11.5 Å². The third-order valence-corrected chi connectivity index (χ3v) is 8.34. The second kappa shape index (κ2) is 12.5. The van der Waals surface area contributed by atoms with Gasteiger partial charge in [-0.3, -0.25) is 13.7 Å². The number of aromatic nitrogens is 3. The summed E-state index contributed by atoms with van der Waals surface area (Å²) in [5.74, 6) is 0.564. The fourth-order valence-corrected chi connectivity index (χ4v) is 6.42. The van der Waals surface area contributed by atoms with Crippen molar-refractivity contribution >= 4 is 61.6 Å². The fourth-order valence-electron chi connectivity index (χ4n) is 4.29. The number of nitrogens with zero attached hydrogens (tertiary/aromatic N) is 5. The Labute approximate surface area is 256 Å². The van der Waals surface area contributed by atoms with Gasteiger partial charge in [0, 0.05) is 34.7 Å². The Bertz CT molecular complexity index is 1680. The lowest BCUT2D eigenvalue weighted by molar-refractivity contribution is -0.152. The van der Waals surface area contributed by atoms with E-state index in [0.717, 1.165) is 33.9 Å². The lowest BCUT2D eigenvalue weighted by Crippen LogP contribution is -2.39. The van der Waals surface area contributed by atoms with Crippen LogP contribution in [0.3, 0.4) is 0 Å². The van der Waals surface area contributed by atoms with Crippen molar-refractivity contribution in [2.24, 2.45) is 0 Å². The molecule has 0 aliphatic rings. The Balaban J connectivity index is 1.73. The first-order valence-corrected chi connectivity index (χ1v) is 15.4. The van der Waals surface area contributed by atoms with E-state index in [1.165, 1.54) is 18.2 Å². The standard InChI is InChI=1S/C29H34Cl2N6O4S/c1-19-17-36(27-10-9-26(33-34-27)32-11-12-35(5)6)25-8-7-22(16-24(19)25)37(18-28(38)41-29(2,3)4)42(39,40)23-14-20(30)13-21(31)15-23/h7-10,13-17H,11-12,18H2,1-6H3,(H,32,33). The van der Waals surface area contributed by atoms with Crippen molar-refractivity contribution in [2.75, 3.05) is 43.4 Å². The van der Waals surface area contributed by atoms with Gasteiger partial charge in [-0.2, -0.15) is 0 Å². The highest BCUT2D eigenvalue weighted by Crippen LogP contribution is 2.33. The van der Waals surface area contributed by atoms with Crippen LogP contribution >= 0.6 is 23.2 Å². The van der Waals surface area contributed by atoms with Gasteiger partial charge in [0.25, 0.3) is 10.0 Å². The normalized spacial score (nSPS) is 12.1. The predicted molar refractivity (Wildman–Crippen MR) is 167 cm³/mol. The Hall–Kier alpha value is -3.38. The molecule has 0 saturated heterocycles. The number of carbonyl (C=O) groups is 1. The Morgan fingerprint density at radius 1 is 1.02 bits per heavy atom. The third kappa shape index (κ3) is 7.52. The van der Waals surface area contributed by atoms with Crippen LogP contribution in [0.2, 0.25) is 10.0 Å². The summed E-state index contributed by atoms with van der Waals surface area (Å²) in [5.41, 5.74) is 1.14.